The van der Waals surface area contributed by atoms with Crippen molar-refractivity contribution in [2.75, 3.05) is 31.1 Å². The number of rotatable bonds is 6. The summed E-state index contributed by atoms with van der Waals surface area (Å²) in [7, 11) is 0. The molecular weight excluding hydrogens is 403 g/mol. The van der Waals surface area contributed by atoms with Gasteiger partial charge in [-0.2, -0.15) is 5.10 Å². The van der Waals surface area contributed by atoms with Crippen LogP contribution in [-0.4, -0.2) is 47.2 Å². The Labute approximate surface area is 188 Å². The maximum Gasteiger partial charge on any atom is 0.222 e. The lowest BCUT2D eigenvalue weighted by molar-refractivity contribution is -0.132. The SMILES string of the molecule is O=C(CCc1ccccc1F)N1CCC(CN2CCc3cc(-c4cn[nH]c4)ccc32)CC1. The Balaban J connectivity index is 1.12. The summed E-state index contributed by atoms with van der Waals surface area (Å²) >= 11 is 0. The maximum absolute atomic E-state index is 13.8. The van der Waals surface area contributed by atoms with Gasteiger partial charge in [0.25, 0.3) is 0 Å². The number of fused-ring (bicyclic) bond motifs is 1. The van der Waals surface area contributed by atoms with E-state index < -0.39 is 0 Å². The number of nitrogens with one attached hydrogen (secondary N) is 1. The highest BCUT2D eigenvalue weighted by Gasteiger charge is 2.27. The van der Waals surface area contributed by atoms with E-state index in [1.165, 1.54) is 22.9 Å². The average Bonchev–Trinajstić information content (AvgIpc) is 3.49. The lowest BCUT2D eigenvalue weighted by Crippen LogP contribution is -2.41. The van der Waals surface area contributed by atoms with Crippen LogP contribution in [0.2, 0.25) is 0 Å². The highest BCUT2D eigenvalue weighted by atomic mass is 19.1. The molecule has 1 fully saturated rings. The third-order valence-corrected chi connectivity index (χ3v) is 6.91. The molecule has 1 saturated heterocycles. The number of hydrogen-bond acceptors (Lipinski definition) is 3. The van der Waals surface area contributed by atoms with Crippen molar-refractivity contribution >= 4 is 11.6 Å². The van der Waals surface area contributed by atoms with Crippen molar-refractivity contribution in [3.05, 3.63) is 71.8 Å². The Morgan fingerprint density at radius 3 is 2.72 bits per heavy atom. The van der Waals surface area contributed by atoms with Crippen LogP contribution in [0.25, 0.3) is 11.1 Å². The minimum atomic E-state index is -0.221. The monoisotopic (exact) mass is 432 g/mol. The van der Waals surface area contributed by atoms with Gasteiger partial charge in [0.2, 0.25) is 5.91 Å². The number of aryl methyl sites for hydroxylation is 1. The summed E-state index contributed by atoms with van der Waals surface area (Å²) in [6, 6.07) is 13.4. The molecule has 2 aliphatic heterocycles. The number of carbonyl (C=O) groups is 1. The molecule has 0 spiro atoms. The second-order valence-corrected chi connectivity index (χ2v) is 8.94. The van der Waals surface area contributed by atoms with Crippen LogP contribution in [0.5, 0.6) is 0 Å². The molecule has 32 heavy (non-hydrogen) atoms. The molecule has 1 aromatic heterocycles. The number of aromatic nitrogens is 2. The normalized spacial score (nSPS) is 16.4. The number of H-pyrrole nitrogens is 1. The predicted molar refractivity (Wildman–Crippen MR) is 124 cm³/mol. The van der Waals surface area contributed by atoms with Gasteiger partial charge in [-0.25, -0.2) is 4.39 Å². The molecule has 3 heterocycles. The molecule has 0 unspecified atom stereocenters. The zero-order chi connectivity index (χ0) is 21.9. The van der Waals surface area contributed by atoms with Crippen LogP contribution >= 0.6 is 0 Å². The quantitative estimate of drug-likeness (QED) is 0.626. The molecule has 1 amide bonds. The molecule has 2 aliphatic rings. The van der Waals surface area contributed by atoms with E-state index in [-0.39, 0.29) is 11.7 Å². The third kappa shape index (κ3) is 4.40. The fourth-order valence-electron chi connectivity index (χ4n) is 5.03. The third-order valence-electron chi connectivity index (χ3n) is 6.91. The first-order valence-corrected chi connectivity index (χ1v) is 11.6. The van der Waals surface area contributed by atoms with E-state index >= 15 is 0 Å². The lowest BCUT2D eigenvalue weighted by Gasteiger charge is -2.34. The smallest absolute Gasteiger partial charge is 0.222 e. The van der Waals surface area contributed by atoms with Crippen molar-refractivity contribution in [3.8, 4) is 11.1 Å². The summed E-state index contributed by atoms with van der Waals surface area (Å²) < 4.78 is 13.8. The summed E-state index contributed by atoms with van der Waals surface area (Å²) in [4.78, 5) is 17.1. The van der Waals surface area contributed by atoms with E-state index in [4.69, 9.17) is 0 Å². The molecule has 166 valence electrons. The molecule has 1 N–H and O–H groups in total. The fraction of sp³-hybridized carbons (Fsp3) is 0.385. The van der Waals surface area contributed by atoms with E-state index in [0.717, 1.165) is 51.0 Å². The standard InChI is InChI=1S/C26H29FN4O/c27-24-4-2-1-3-20(24)6-8-26(32)30-12-9-19(10-13-30)18-31-14-11-22-15-21(5-7-25(22)31)23-16-28-29-17-23/h1-5,7,15-17,19H,6,8-14,18H2,(H,28,29). The van der Waals surface area contributed by atoms with E-state index in [9.17, 15) is 9.18 Å². The van der Waals surface area contributed by atoms with Crippen molar-refractivity contribution < 1.29 is 9.18 Å². The number of nitrogens with zero attached hydrogens (tertiary/aromatic N) is 3. The van der Waals surface area contributed by atoms with Gasteiger partial charge in [0.15, 0.2) is 0 Å². The number of amides is 1. The molecule has 6 heteroatoms. The second kappa shape index (κ2) is 9.15. The summed E-state index contributed by atoms with van der Waals surface area (Å²) in [6.07, 6.45) is 7.78. The van der Waals surface area contributed by atoms with Crippen LogP contribution in [0.3, 0.4) is 0 Å². The molecule has 0 atom stereocenters. The molecular formula is C26H29FN4O. The Kier molecular flexibility index (Phi) is 5.93. The van der Waals surface area contributed by atoms with Gasteiger partial charge in [0.1, 0.15) is 5.82 Å². The zero-order valence-corrected chi connectivity index (χ0v) is 18.3. The van der Waals surface area contributed by atoms with Crippen molar-refractivity contribution in [1.29, 1.82) is 0 Å². The van der Waals surface area contributed by atoms with Gasteiger partial charge in [-0.05, 0) is 66.5 Å². The summed E-state index contributed by atoms with van der Waals surface area (Å²) in [5, 5.41) is 6.94. The second-order valence-electron chi connectivity index (χ2n) is 8.94. The van der Waals surface area contributed by atoms with Gasteiger partial charge >= 0.3 is 0 Å². The number of halogens is 1. The van der Waals surface area contributed by atoms with E-state index in [2.05, 4.69) is 33.3 Å². The van der Waals surface area contributed by atoms with Crippen LogP contribution < -0.4 is 4.90 Å². The van der Waals surface area contributed by atoms with Crippen LogP contribution in [-0.2, 0) is 17.6 Å². The Hall–Kier alpha value is -3.15. The number of benzene rings is 2. The minimum Gasteiger partial charge on any atom is -0.371 e. The first-order chi connectivity index (χ1) is 15.7. The molecule has 3 aromatic rings. The van der Waals surface area contributed by atoms with Crippen LogP contribution in [0.4, 0.5) is 10.1 Å². The Morgan fingerprint density at radius 2 is 1.94 bits per heavy atom. The number of carbonyl (C=O) groups excluding carboxylic acids is 1. The van der Waals surface area contributed by atoms with Gasteiger partial charge in [0, 0.05) is 50.0 Å². The first kappa shape index (κ1) is 20.7. The summed E-state index contributed by atoms with van der Waals surface area (Å²) in [5.41, 5.74) is 5.71. The first-order valence-electron chi connectivity index (χ1n) is 11.6. The van der Waals surface area contributed by atoms with Crippen LogP contribution in [0.1, 0.15) is 30.4 Å². The van der Waals surface area contributed by atoms with Crippen molar-refractivity contribution in [2.24, 2.45) is 5.92 Å². The van der Waals surface area contributed by atoms with Crippen molar-refractivity contribution in [3.63, 3.8) is 0 Å². The summed E-state index contributed by atoms with van der Waals surface area (Å²) in [5.74, 6) is 0.525. The largest absolute Gasteiger partial charge is 0.371 e. The maximum atomic E-state index is 13.8. The van der Waals surface area contributed by atoms with Crippen molar-refractivity contribution in [2.45, 2.75) is 32.1 Å². The molecule has 0 bridgehead atoms. The molecule has 0 radical (unpaired) electrons. The molecule has 0 saturated carbocycles. The Bertz CT molecular complexity index is 1070. The lowest BCUT2D eigenvalue weighted by atomic mass is 9.95. The topological polar surface area (TPSA) is 52.2 Å². The van der Waals surface area contributed by atoms with Crippen molar-refractivity contribution in [1.82, 2.24) is 15.1 Å². The number of anilines is 1. The van der Waals surface area contributed by atoms with Gasteiger partial charge in [0.05, 0.1) is 6.20 Å². The predicted octanol–water partition coefficient (Wildman–Crippen LogP) is 4.45. The van der Waals surface area contributed by atoms with Gasteiger partial charge in [-0.15, -0.1) is 0 Å². The van der Waals surface area contributed by atoms with Crippen LogP contribution in [0.15, 0.2) is 54.9 Å². The molecule has 5 nitrogen and oxygen atoms in total. The number of aromatic amines is 1. The molecule has 0 aliphatic carbocycles. The zero-order valence-electron chi connectivity index (χ0n) is 18.3. The van der Waals surface area contributed by atoms with E-state index in [1.807, 2.05) is 23.4 Å². The Morgan fingerprint density at radius 1 is 1.09 bits per heavy atom. The highest BCUT2D eigenvalue weighted by molar-refractivity contribution is 5.76. The fourth-order valence-corrected chi connectivity index (χ4v) is 5.03. The van der Waals surface area contributed by atoms with Gasteiger partial charge in [-0.3, -0.25) is 9.89 Å². The molecule has 5 rings (SSSR count). The van der Waals surface area contributed by atoms with E-state index in [0.29, 0.717) is 24.3 Å². The number of hydrogen-bond donors (Lipinski definition) is 1. The number of piperidine rings is 1. The minimum absolute atomic E-state index is 0.144. The van der Waals surface area contributed by atoms with E-state index in [1.54, 1.807) is 12.1 Å². The average molecular weight is 433 g/mol. The van der Waals surface area contributed by atoms with Gasteiger partial charge in [-0.1, -0.05) is 24.3 Å². The van der Waals surface area contributed by atoms with Crippen LogP contribution in [0, 0.1) is 11.7 Å². The summed E-state index contributed by atoms with van der Waals surface area (Å²) in [6.45, 7) is 3.73. The number of likely N-dealkylation sites (tertiary alicyclic amines) is 1. The highest BCUT2D eigenvalue weighted by Crippen LogP contribution is 2.33. The van der Waals surface area contributed by atoms with Gasteiger partial charge < -0.3 is 9.80 Å². The molecule has 2 aromatic carbocycles.